The van der Waals surface area contributed by atoms with E-state index in [9.17, 15) is 19.2 Å². The number of hydrogen-bond donors (Lipinski definition) is 7. The Morgan fingerprint density at radius 1 is 0.340 bits per heavy atom. The molecule has 7 N–H and O–H groups in total. The maximum Gasteiger partial charge on any atom is 0.249 e. The largest absolute Gasteiger partial charge is 0.495 e. The summed E-state index contributed by atoms with van der Waals surface area (Å²) < 4.78 is 59.5. The van der Waals surface area contributed by atoms with Crippen LogP contribution >= 0.6 is 92.8 Å². The number of aromatic nitrogens is 19. The molecule has 40 nitrogen and oxygen atoms in total. The Bertz CT molecular complexity index is 7190. The third kappa shape index (κ3) is 23.6. The van der Waals surface area contributed by atoms with Crippen LogP contribution in [0.3, 0.4) is 0 Å². The number of ether oxygens (including phenoxy) is 10. The van der Waals surface area contributed by atoms with Gasteiger partial charge in [0.15, 0.2) is 23.3 Å². The van der Waals surface area contributed by atoms with Gasteiger partial charge in [0.25, 0.3) is 0 Å². The van der Waals surface area contributed by atoms with Gasteiger partial charge in [-0.25, -0.2) is 34.9 Å². The molecule has 48 heteroatoms. The molecule has 0 aliphatic heterocycles. The fraction of sp³-hybridized carbons (Fsp3) is 0.172. The summed E-state index contributed by atoms with van der Waals surface area (Å²) in [5.41, 5.74) is 8.06. The molecule has 16 rings (SSSR count). The van der Waals surface area contributed by atoms with Crippen LogP contribution in [0.2, 0.25) is 40.2 Å². The summed E-state index contributed by atoms with van der Waals surface area (Å²) in [5, 5.41) is 43.5. The van der Waals surface area contributed by atoms with Gasteiger partial charge in [-0.3, -0.25) is 57.8 Å². The number of fused-ring (bicyclic) bond motifs is 4. The van der Waals surface area contributed by atoms with Crippen LogP contribution in [-0.4, -0.2) is 202 Å². The number of carbonyl (C=O) groups excluding carboxylic acids is 4. The van der Waals surface area contributed by atoms with Crippen LogP contribution in [0.1, 0.15) is 0 Å². The monoisotopic (exact) mass is 2070 g/mol. The fourth-order valence-corrected chi connectivity index (χ4v) is 16.3. The van der Waals surface area contributed by atoms with E-state index < -0.39 is 5.91 Å². The first-order valence-corrected chi connectivity index (χ1v) is 44.3. The van der Waals surface area contributed by atoms with Gasteiger partial charge in [-0.05, 0) is 54.6 Å². The standard InChI is InChI=1S/C24H23Cl2N7O4.C24H22Cl2N6O4.C23H20Cl2N6O3.C22H19Cl2N7O3/c1-5-19(34)31-23-16(12-33(32-23)6-7-35-2)30-24-28-10-13-8-14(27-11-15(13)29-24)20-21(25)17(36-3)9-18(37-4)22(20)26;1-5-19(33)30-16-12-29-32(6-7-34-2)23(16)24-28-10-13-8-14(27-11-15(13)31-24)20-21(25)17(35-3)9-18(36-4)22(20)26;1-5-19(32)28-15-11-31(2)30-23(15)29-18-7-13-9-26-14(6-12(13)10-27-18)20-21(24)16(33-3)8-17(34-4)22(20)25;1-5-17(32)27-14-10-31(2)30-21(14)29-22-26-8-11-6-12(25-9-13(11)28-22)18-19(23)15(33-3)7-16(34-4)20(18)24/h5,8-12H,1,6-7H2,2-4H3,(H,28,29,30)(H,31,32,34);5,8-12H,1,6-7H2,2-4H3,(H,30,33);5-11H,1H2,2-4H3,(H,28,32)(H,27,29,30);5-10H,1H2,2-4H3,(H,27,32)(H,26,28,29,30). The topological polar surface area (TPSA) is 458 Å². The van der Waals surface area contributed by atoms with E-state index >= 15 is 0 Å². The summed E-state index contributed by atoms with van der Waals surface area (Å²) in [5.74, 6) is 4.34. The molecule has 141 heavy (non-hydrogen) atoms. The molecule has 0 aliphatic carbocycles. The highest BCUT2D eigenvalue weighted by Gasteiger charge is 2.28. The predicted octanol–water partition coefficient (Wildman–Crippen LogP) is 19.2. The lowest BCUT2D eigenvalue weighted by molar-refractivity contribution is -0.112. The predicted molar refractivity (Wildman–Crippen MR) is 545 cm³/mol. The van der Waals surface area contributed by atoms with E-state index in [2.05, 4.69) is 139 Å². The summed E-state index contributed by atoms with van der Waals surface area (Å²) >= 11 is 52.3. The smallest absolute Gasteiger partial charge is 0.249 e. The minimum Gasteiger partial charge on any atom is -0.495 e. The lowest BCUT2D eigenvalue weighted by Gasteiger charge is -2.14. The molecule has 12 heterocycles. The molecular weight excluding hydrogens is 1990 g/mol. The molecule has 4 aromatic carbocycles. The van der Waals surface area contributed by atoms with Crippen LogP contribution in [0, 0.1) is 0 Å². The molecule has 0 aliphatic rings. The number of amides is 4. The first-order valence-electron chi connectivity index (χ1n) is 41.3. The average molecular weight is 2070 g/mol. The summed E-state index contributed by atoms with van der Waals surface area (Å²) in [7, 11) is 18.7. The number of methoxy groups -OCH3 is 10. The lowest BCUT2D eigenvalue weighted by Crippen LogP contribution is -2.11. The van der Waals surface area contributed by atoms with E-state index in [0.717, 1.165) is 16.8 Å². The van der Waals surface area contributed by atoms with E-state index in [1.54, 1.807) is 158 Å². The number of halogens is 8. The van der Waals surface area contributed by atoms with E-state index in [4.69, 9.17) is 140 Å². The molecule has 0 spiro atoms. The molecule has 0 radical (unpaired) electrons. The van der Waals surface area contributed by atoms with Crippen molar-refractivity contribution in [3.05, 3.63) is 220 Å². The summed E-state index contributed by atoms with van der Waals surface area (Å²) in [6.45, 7) is 15.6. The van der Waals surface area contributed by atoms with Crippen molar-refractivity contribution in [2.24, 2.45) is 14.1 Å². The van der Waals surface area contributed by atoms with Crippen LogP contribution in [-0.2, 0) is 55.8 Å². The van der Waals surface area contributed by atoms with Crippen molar-refractivity contribution in [1.82, 2.24) is 93.9 Å². The zero-order valence-electron chi connectivity index (χ0n) is 76.8. The van der Waals surface area contributed by atoms with Crippen LogP contribution in [0.4, 0.5) is 57.9 Å². The van der Waals surface area contributed by atoms with Crippen LogP contribution in [0.5, 0.6) is 46.0 Å². The minimum atomic E-state index is -0.400. The highest BCUT2D eigenvalue weighted by molar-refractivity contribution is 6.43. The van der Waals surface area contributed by atoms with Gasteiger partial charge >= 0.3 is 0 Å². The first-order chi connectivity index (χ1) is 68.0. The van der Waals surface area contributed by atoms with E-state index in [0.29, 0.717) is 248 Å². The second kappa shape index (κ2) is 46.9. The average Bonchev–Trinajstić information content (AvgIpc) is 1.71. The third-order valence-electron chi connectivity index (χ3n) is 20.3. The number of hydrogen-bond acceptors (Lipinski definition) is 32. The van der Waals surface area contributed by atoms with Crippen molar-refractivity contribution >= 4 is 218 Å². The fourth-order valence-electron chi connectivity index (χ4n) is 13.5. The quantitative estimate of drug-likeness (QED) is 0.0188. The molecular formula is C93H84Cl8N26O14. The molecule has 726 valence electrons. The molecule has 0 unspecified atom stereocenters. The molecule has 4 amide bonds. The van der Waals surface area contributed by atoms with Gasteiger partial charge in [0.1, 0.15) is 74.6 Å². The van der Waals surface area contributed by atoms with Crippen molar-refractivity contribution in [2.45, 2.75) is 13.1 Å². The second-order valence-corrected chi connectivity index (χ2v) is 32.2. The molecule has 0 fully saturated rings. The number of benzene rings is 4. The Hall–Kier alpha value is -15.4. The van der Waals surface area contributed by atoms with Gasteiger partial charge in [-0.15, -0.1) is 0 Å². The Kier molecular flexibility index (Phi) is 34.2. The van der Waals surface area contributed by atoms with Crippen LogP contribution in [0.15, 0.2) is 180 Å². The maximum absolute atomic E-state index is 11.9. The summed E-state index contributed by atoms with van der Waals surface area (Å²) in [6.07, 6.45) is 24.3. The number of nitrogens with zero attached hydrogens (tertiary/aromatic N) is 19. The van der Waals surface area contributed by atoms with Gasteiger partial charge < -0.3 is 84.6 Å². The zero-order chi connectivity index (χ0) is 101. The molecule has 16 aromatic rings. The van der Waals surface area contributed by atoms with Crippen molar-refractivity contribution in [2.75, 3.05) is 122 Å². The van der Waals surface area contributed by atoms with Crippen molar-refractivity contribution < 1.29 is 66.5 Å². The number of carbonyl (C=O) groups is 4. The van der Waals surface area contributed by atoms with E-state index in [1.165, 1.54) is 81.3 Å². The number of pyridine rings is 5. The van der Waals surface area contributed by atoms with Gasteiger partial charge in [-0.1, -0.05) is 119 Å². The number of anilines is 10. The Balaban J connectivity index is 0.000000158. The van der Waals surface area contributed by atoms with Gasteiger partial charge in [0.05, 0.1) is 212 Å². The summed E-state index contributed by atoms with van der Waals surface area (Å²) in [6, 6.07) is 15.4. The SMILES string of the molecule is C=CC(=O)Nc1cn(C)nc1Nc1cc2cnc(-c3c(Cl)c(OC)cc(OC)c3Cl)cc2cn1.C=CC(=O)Nc1cn(C)nc1Nc1ncc2cc(-c3c(Cl)c(OC)cc(OC)c3Cl)ncc2n1.C=CC(=O)Nc1cnn(CCOC)c1-c1ncc2cc(-c3c(Cl)c(OC)cc(OC)c3Cl)ncc2n1.C=CC(=O)Nc1nn(CCOC)cc1Nc1ncc2cc(-c3c(Cl)c(OC)cc(OC)c3Cl)ncc2n1. The molecule has 0 saturated heterocycles. The second-order valence-electron chi connectivity index (χ2n) is 29.1. The maximum atomic E-state index is 11.9. The first kappa shape index (κ1) is 103. The normalized spacial score (nSPS) is 10.8. The van der Waals surface area contributed by atoms with Crippen LogP contribution in [0.25, 0.3) is 100 Å². The third-order valence-corrected chi connectivity index (χ3v) is 23.3. The van der Waals surface area contributed by atoms with E-state index in [-0.39, 0.29) is 29.6 Å². The molecule has 0 saturated carbocycles. The Morgan fingerprint density at radius 3 is 1.09 bits per heavy atom. The number of rotatable bonds is 33. The number of nitrogens with one attached hydrogen (secondary N) is 7. The lowest BCUT2D eigenvalue weighted by atomic mass is 10.1. The van der Waals surface area contributed by atoms with Crippen molar-refractivity contribution in [1.29, 1.82) is 0 Å². The van der Waals surface area contributed by atoms with Gasteiger partial charge in [0.2, 0.25) is 35.5 Å². The van der Waals surface area contributed by atoms with Gasteiger partial charge in [0, 0.05) is 133 Å². The Labute approximate surface area is 843 Å². The minimum absolute atomic E-state index is 0.272. The highest BCUT2D eigenvalue weighted by atomic mass is 35.5. The zero-order valence-corrected chi connectivity index (χ0v) is 82.9. The molecule has 12 aromatic heterocycles. The number of aryl methyl sites for hydroxylation is 2. The highest BCUT2D eigenvalue weighted by Crippen LogP contribution is 2.51. The molecule has 0 atom stereocenters. The molecule has 0 bridgehead atoms. The summed E-state index contributed by atoms with van der Waals surface area (Å²) in [4.78, 5) is 96.7. The van der Waals surface area contributed by atoms with Gasteiger partial charge in [-0.2, -0.15) is 20.4 Å². The van der Waals surface area contributed by atoms with Crippen molar-refractivity contribution in [3.63, 3.8) is 0 Å². The van der Waals surface area contributed by atoms with Crippen LogP contribution < -0.4 is 75.1 Å². The van der Waals surface area contributed by atoms with Crippen molar-refractivity contribution in [3.8, 4) is 103 Å². The Morgan fingerprint density at radius 2 is 0.681 bits per heavy atom. The van der Waals surface area contributed by atoms with E-state index in [1.807, 2.05) is 12.1 Å².